The Hall–Kier alpha value is -1.37. The largest absolute Gasteiger partial charge is 0.284 e. The molecule has 78 valence electrons. The molecule has 1 nitrogen and oxygen atoms in total. The van der Waals surface area contributed by atoms with Gasteiger partial charge in [-0.3, -0.25) is 4.99 Å². The number of hydrogen-bond acceptors (Lipinski definition) is 1. The van der Waals surface area contributed by atoms with Crippen LogP contribution in [0.15, 0.2) is 41.4 Å². The summed E-state index contributed by atoms with van der Waals surface area (Å²) in [5.74, 6) is 0. The van der Waals surface area contributed by atoms with Gasteiger partial charge in [0.25, 0.3) is 0 Å². The van der Waals surface area contributed by atoms with Crippen molar-refractivity contribution in [3.05, 3.63) is 42.0 Å². The van der Waals surface area contributed by atoms with Crippen molar-refractivity contribution in [2.75, 3.05) is 0 Å². The van der Waals surface area contributed by atoms with E-state index in [1.54, 1.807) is 0 Å². The van der Waals surface area contributed by atoms with Gasteiger partial charge in [-0.1, -0.05) is 42.5 Å². The first-order valence-electron chi connectivity index (χ1n) is 5.48. The lowest BCUT2D eigenvalue weighted by atomic mass is 9.98. The van der Waals surface area contributed by atoms with Crippen molar-refractivity contribution in [1.29, 1.82) is 0 Å². The first-order chi connectivity index (χ1) is 7.18. The zero-order valence-corrected chi connectivity index (χ0v) is 9.40. The van der Waals surface area contributed by atoms with Crippen LogP contribution in [0.4, 0.5) is 0 Å². The quantitative estimate of drug-likeness (QED) is 0.688. The monoisotopic (exact) mass is 199 g/mol. The average molecular weight is 199 g/mol. The molecule has 1 atom stereocenters. The molecule has 0 spiro atoms. The molecule has 0 fully saturated rings. The van der Waals surface area contributed by atoms with Crippen LogP contribution in [0.1, 0.15) is 32.3 Å². The van der Waals surface area contributed by atoms with E-state index in [1.807, 2.05) is 6.07 Å². The highest BCUT2D eigenvalue weighted by Gasteiger charge is 2.24. The summed E-state index contributed by atoms with van der Waals surface area (Å²) in [4.78, 5) is 4.67. The first kappa shape index (κ1) is 10.2. The molecule has 0 amide bonds. The number of rotatable bonds is 2. The second-order valence-electron chi connectivity index (χ2n) is 4.45. The van der Waals surface area contributed by atoms with Crippen molar-refractivity contribution in [2.45, 2.75) is 32.2 Å². The normalized spacial score (nSPS) is 25.9. The smallest absolute Gasteiger partial charge is 0.0765 e. The molecule has 1 heteroatoms. The highest BCUT2D eigenvalue weighted by molar-refractivity contribution is 5.84. The Bertz CT molecular complexity index is 389. The minimum absolute atomic E-state index is 0.0277. The Balaban J connectivity index is 2.13. The molecule has 0 bridgehead atoms. The van der Waals surface area contributed by atoms with E-state index in [0.717, 1.165) is 12.8 Å². The van der Waals surface area contributed by atoms with Crippen molar-refractivity contribution in [3.8, 4) is 0 Å². The van der Waals surface area contributed by atoms with Gasteiger partial charge in [0.15, 0.2) is 0 Å². The third kappa shape index (κ3) is 2.56. The second kappa shape index (κ2) is 4.01. The molecule has 1 aliphatic heterocycles. The van der Waals surface area contributed by atoms with E-state index < -0.39 is 0 Å². The van der Waals surface area contributed by atoms with Gasteiger partial charge in [0, 0.05) is 5.71 Å². The van der Waals surface area contributed by atoms with Crippen molar-refractivity contribution in [2.24, 2.45) is 4.99 Å². The molecule has 0 aromatic heterocycles. The molecule has 0 radical (unpaired) electrons. The molecule has 15 heavy (non-hydrogen) atoms. The molecule has 1 aliphatic rings. The molecule has 0 N–H and O–H groups in total. The number of hydrogen-bond donors (Lipinski definition) is 0. The third-order valence-corrected chi connectivity index (χ3v) is 2.87. The summed E-state index contributed by atoms with van der Waals surface area (Å²) >= 11 is 0. The third-order valence-electron chi connectivity index (χ3n) is 2.87. The second-order valence-corrected chi connectivity index (χ2v) is 4.45. The summed E-state index contributed by atoms with van der Waals surface area (Å²) in [7, 11) is 0. The fourth-order valence-electron chi connectivity index (χ4n) is 1.94. The summed E-state index contributed by atoms with van der Waals surface area (Å²) in [6.07, 6.45) is 6.67. The van der Waals surface area contributed by atoms with Crippen molar-refractivity contribution in [3.63, 3.8) is 0 Å². The van der Waals surface area contributed by atoms with Crippen LogP contribution in [0, 0.1) is 0 Å². The minimum Gasteiger partial charge on any atom is -0.284 e. The summed E-state index contributed by atoms with van der Waals surface area (Å²) in [6.45, 7) is 4.31. The fraction of sp³-hybridized carbons (Fsp3) is 0.357. The maximum atomic E-state index is 4.67. The maximum Gasteiger partial charge on any atom is 0.0765 e. The molecule has 0 saturated heterocycles. The van der Waals surface area contributed by atoms with Crippen LogP contribution < -0.4 is 0 Å². The van der Waals surface area contributed by atoms with Gasteiger partial charge in [0.2, 0.25) is 0 Å². The Morgan fingerprint density at radius 3 is 2.60 bits per heavy atom. The Morgan fingerprint density at radius 2 is 2.00 bits per heavy atom. The van der Waals surface area contributed by atoms with Gasteiger partial charge in [0.1, 0.15) is 0 Å². The van der Waals surface area contributed by atoms with E-state index in [9.17, 15) is 0 Å². The van der Waals surface area contributed by atoms with E-state index in [4.69, 9.17) is 0 Å². The van der Waals surface area contributed by atoms with Gasteiger partial charge in [0.05, 0.1) is 5.54 Å². The van der Waals surface area contributed by atoms with Gasteiger partial charge >= 0.3 is 0 Å². The van der Waals surface area contributed by atoms with E-state index in [0.29, 0.717) is 0 Å². The average Bonchev–Trinajstić information content (AvgIpc) is 2.58. The molecule has 0 aliphatic carbocycles. The van der Waals surface area contributed by atoms with E-state index in [2.05, 4.69) is 55.3 Å². The molecular formula is C14H17N. The topological polar surface area (TPSA) is 12.4 Å². The van der Waals surface area contributed by atoms with Crippen LogP contribution in [0.25, 0.3) is 6.08 Å². The SMILES string of the molecule is CC1=N[C@](C)(/C=C/c2ccccc2)CC1. The van der Waals surface area contributed by atoms with Gasteiger partial charge in [-0.25, -0.2) is 0 Å². The predicted molar refractivity (Wildman–Crippen MR) is 66.2 cm³/mol. The Kier molecular flexibility index (Phi) is 2.72. The molecule has 0 unspecified atom stereocenters. The Labute approximate surface area is 91.6 Å². The highest BCUT2D eigenvalue weighted by Crippen LogP contribution is 2.27. The van der Waals surface area contributed by atoms with Gasteiger partial charge in [-0.2, -0.15) is 0 Å². The fourth-order valence-corrected chi connectivity index (χ4v) is 1.94. The summed E-state index contributed by atoms with van der Waals surface area (Å²) in [5, 5.41) is 0. The molecule has 1 aromatic carbocycles. The van der Waals surface area contributed by atoms with Crippen LogP contribution in [-0.2, 0) is 0 Å². The Morgan fingerprint density at radius 1 is 1.27 bits per heavy atom. The van der Waals surface area contributed by atoms with Crippen LogP contribution in [0.2, 0.25) is 0 Å². The minimum atomic E-state index is 0.0277. The molecule has 2 rings (SSSR count). The summed E-state index contributed by atoms with van der Waals surface area (Å²) < 4.78 is 0. The van der Waals surface area contributed by atoms with E-state index >= 15 is 0 Å². The lowest BCUT2D eigenvalue weighted by Crippen LogP contribution is -2.13. The van der Waals surface area contributed by atoms with Crippen molar-refractivity contribution < 1.29 is 0 Å². The van der Waals surface area contributed by atoms with E-state index in [1.165, 1.54) is 11.3 Å². The van der Waals surface area contributed by atoms with Crippen LogP contribution in [-0.4, -0.2) is 11.3 Å². The van der Waals surface area contributed by atoms with Gasteiger partial charge < -0.3 is 0 Å². The molecule has 0 saturated carbocycles. The molecular weight excluding hydrogens is 182 g/mol. The van der Waals surface area contributed by atoms with E-state index in [-0.39, 0.29) is 5.54 Å². The van der Waals surface area contributed by atoms with Crippen LogP contribution in [0.3, 0.4) is 0 Å². The van der Waals surface area contributed by atoms with Crippen LogP contribution >= 0.6 is 0 Å². The number of aliphatic imine (C=N–C) groups is 1. The molecule has 1 heterocycles. The zero-order valence-electron chi connectivity index (χ0n) is 9.40. The van der Waals surface area contributed by atoms with Gasteiger partial charge in [-0.05, 0) is 32.3 Å². The van der Waals surface area contributed by atoms with Gasteiger partial charge in [-0.15, -0.1) is 0 Å². The number of nitrogens with zero attached hydrogens (tertiary/aromatic N) is 1. The summed E-state index contributed by atoms with van der Waals surface area (Å²) in [6, 6.07) is 10.4. The first-order valence-corrected chi connectivity index (χ1v) is 5.48. The molecule has 1 aromatic rings. The number of benzene rings is 1. The predicted octanol–water partition coefficient (Wildman–Crippen LogP) is 3.71. The highest BCUT2D eigenvalue weighted by atomic mass is 14.9. The maximum absolute atomic E-state index is 4.67. The standard InChI is InChI=1S/C14H17N/c1-12-8-10-14(2,15-12)11-9-13-6-4-3-5-7-13/h3-7,9,11H,8,10H2,1-2H3/b11-9+/t14-/m0/s1. The lowest BCUT2D eigenvalue weighted by Gasteiger charge is -2.14. The summed E-state index contributed by atoms with van der Waals surface area (Å²) in [5.41, 5.74) is 2.55. The van der Waals surface area contributed by atoms with Crippen molar-refractivity contribution in [1.82, 2.24) is 0 Å². The zero-order chi connectivity index (χ0) is 10.7. The van der Waals surface area contributed by atoms with Crippen molar-refractivity contribution >= 4 is 11.8 Å². The van der Waals surface area contributed by atoms with Crippen LogP contribution in [0.5, 0.6) is 0 Å². The lowest BCUT2D eigenvalue weighted by molar-refractivity contribution is 0.589.